The Morgan fingerprint density at radius 2 is 0.504 bits per heavy atom. The summed E-state index contributed by atoms with van der Waals surface area (Å²) in [6.45, 7) is 14.2. The van der Waals surface area contributed by atoms with Crippen molar-refractivity contribution in [3.8, 4) is 66.8 Å². The summed E-state index contributed by atoms with van der Waals surface area (Å²) in [7, 11) is 0. The van der Waals surface area contributed by atoms with E-state index in [-0.39, 0.29) is 16.2 Å². The molecule has 660 valence electrons. The number of hydrogen-bond donors (Lipinski definition) is 0. The molecule has 25 aromatic rings. The van der Waals surface area contributed by atoms with Crippen LogP contribution in [0.1, 0.15) is 74.9 Å². The van der Waals surface area contributed by atoms with E-state index in [9.17, 15) is 0 Å². The van der Waals surface area contributed by atoms with Gasteiger partial charge in [-0.05, 0) is 308 Å². The molecule has 0 amide bonds. The summed E-state index contributed by atoms with van der Waals surface area (Å²) in [5, 5.41) is 17.3. The van der Waals surface area contributed by atoms with Gasteiger partial charge in [-0.25, -0.2) is 0 Å². The van der Waals surface area contributed by atoms with Crippen LogP contribution in [0.2, 0.25) is 0 Å². The Bertz CT molecular complexity index is 9220. The highest BCUT2D eigenvalue weighted by atomic mass is 32.1. The first-order valence-electron chi connectivity index (χ1n) is 48.2. The second kappa shape index (κ2) is 32.7. The minimum Gasteiger partial charge on any atom is -0.456 e. The van der Waals surface area contributed by atoms with Crippen molar-refractivity contribution in [2.24, 2.45) is 0 Å². The maximum atomic E-state index is 6.56. The first-order chi connectivity index (χ1) is 68.1. The fourth-order valence-electron chi connectivity index (χ4n) is 22.7. The summed E-state index contributed by atoms with van der Waals surface area (Å²) >= 11 is 1.87. The molecule has 0 radical (unpaired) electrons. The predicted octanol–water partition coefficient (Wildman–Crippen LogP) is 38.2. The van der Waals surface area contributed by atoms with Crippen LogP contribution in [0.5, 0.6) is 0 Å². The van der Waals surface area contributed by atoms with E-state index in [0.29, 0.717) is 0 Å². The fourth-order valence-corrected chi connectivity index (χ4v) is 23.7. The third-order valence-corrected chi connectivity index (χ3v) is 31.0. The highest BCUT2D eigenvalue weighted by Crippen LogP contribution is 2.59. The van der Waals surface area contributed by atoms with E-state index in [2.05, 4.69) is 511 Å². The van der Waals surface area contributed by atoms with Gasteiger partial charge in [0.1, 0.15) is 22.3 Å². The van der Waals surface area contributed by atoms with E-state index in [1.807, 2.05) is 23.5 Å². The standard InChI is InChI=1S/C47H33NO.C43H31NO.C43H31NS/c1-47(2)43-26-34-14-8-6-12-32(34)24-41(43)39-22-20-37(28-44(39)47)48(36-18-16-31(17-19-36)30-10-4-3-5-11-30)38-21-23-40-42-25-33-13-7-9-15-35(33)27-45(42)49-46(40)29-38;1-43(2)39-25-31-13-7-6-12-30(31)24-38(39)35-22-20-33(26-40(35)43)44(32-18-16-29(17-19-32)28-10-4-3-5-11-28)34-21-23-37-36-14-8-9-15-41(36)45-42(37)27-34;1-43(2)37-16-10-17-39(42(37)36-25-30-13-6-7-14-31(30)26-38(36)43)44(32-21-19-29(20-22-32)28-11-4-3-5-12-28)33-23-24-41-35(27-33)34-15-8-9-18-40(34)45-41/h3-29H,1-2H3;2*3-27H,1-2H3. The molecule has 3 aliphatic carbocycles. The Morgan fingerprint density at radius 1 is 0.180 bits per heavy atom. The van der Waals surface area contributed by atoms with Gasteiger partial charge >= 0.3 is 0 Å². The number of nitrogens with zero attached hydrogens (tertiary/aromatic N) is 3. The van der Waals surface area contributed by atoms with E-state index in [4.69, 9.17) is 8.83 Å². The maximum Gasteiger partial charge on any atom is 0.137 e. The molecular formula is C133H95N3O2S. The summed E-state index contributed by atoms with van der Waals surface area (Å²) in [6, 6.07) is 170. The lowest BCUT2D eigenvalue weighted by Gasteiger charge is -2.29. The molecule has 22 aromatic carbocycles. The Hall–Kier alpha value is -16.9. The van der Waals surface area contributed by atoms with Crippen LogP contribution >= 0.6 is 11.3 Å². The molecule has 6 heteroatoms. The van der Waals surface area contributed by atoms with Crippen LogP contribution < -0.4 is 14.7 Å². The number of fused-ring (bicyclic) bond motifs is 22. The quantitative estimate of drug-likeness (QED) is 0.122. The molecule has 3 heterocycles. The molecule has 0 atom stereocenters. The van der Waals surface area contributed by atoms with Gasteiger partial charge in [0, 0.05) is 121 Å². The van der Waals surface area contributed by atoms with Crippen molar-refractivity contribution >= 4 is 170 Å². The van der Waals surface area contributed by atoms with Gasteiger partial charge in [-0.15, -0.1) is 11.3 Å². The Morgan fingerprint density at radius 3 is 1.00 bits per heavy atom. The van der Waals surface area contributed by atoms with E-state index in [1.165, 1.54) is 175 Å². The zero-order valence-corrected chi connectivity index (χ0v) is 78.8. The zero-order valence-electron chi connectivity index (χ0n) is 78.0. The lowest BCUT2D eigenvalue weighted by atomic mass is 9.81. The van der Waals surface area contributed by atoms with Gasteiger partial charge in [0.05, 0.1) is 5.69 Å². The molecule has 3 aliphatic rings. The smallest absolute Gasteiger partial charge is 0.137 e. The highest BCUT2D eigenvalue weighted by molar-refractivity contribution is 7.25. The molecule has 0 N–H and O–H groups in total. The third-order valence-electron chi connectivity index (χ3n) is 29.9. The second-order valence-corrected chi connectivity index (χ2v) is 40.1. The van der Waals surface area contributed by atoms with Crippen molar-refractivity contribution in [1.29, 1.82) is 0 Å². The average molecular weight is 1800 g/mol. The summed E-state index contributed by atoms with van der Waals surface area (Å²) in [4.78, 5) is 7.20. The number of para-hydroxylation sites is 1. The van der Waals surface area contributed by atoms with Gasteiger partial charge in [-0.1, -0.05) is 327 Å². The van der Waals surface area contributed by atoms with Crippen LogP contribution in [0.3, 0.4) is 0 Å². The number of thiophene rings is 1. The number of benzene rings is 22. The molecule has 0 saturated heterocycles. The molecule has 3 aromatic heterocycles. The third kappa shape index (κ3) is 14.0. The molecule has 0 unspecified atom stereocenters. The Labute approximate surface area is 812 Å². The van der Waals surface area contributed by atoms with Crippen LogP contribution in [0.15, 0.2) is 476 Å². The van der Waals surface area contributed by atoms with Crippen LogP contribution in [0, 0.1) is 0 Å². The fraction of sp³-hybridized carbons (Fsp3) is 0.0677. The Kier molecular flexibility index (Phi) is 19.5. The normalized spacial score (nSPS) is 13.3. The van der Waals surface area contributed by atoms with Crippen LogP contribution in [-0.2, 0) is 16.2 Å². The van der Waals surface area contributed by atoms with Gasteiger partial charge in [0.2, 0.25) is 0 Å². The zero-order chi connectivity index (χ0) is 92.9. The summed E-state index contributed by atoms with van der Waals surface area (Å²) in [6.07, 6.45) is 0. The first-order valence-corrected chi connectivity index (χ1v) is 49.0. The SMILES string of the molecule is CC1(C)c2cc(N(c3ccc(-c4ccccc4)cc3)c3ccc4c(c3)oc3cc5ccccc5cc34)ccc2-c2cc3ccccc3cc21.CC1(C)c2cc(N(c3ccc(-c4ccccc4)cc3)c3ccc4c(c3)oc3ccccc34)ccc2-c2cc3ccccc3cc21.CC1(C)c2cc3ccccc3cc2-c2c(N(c3ccc(-c4ccccc4)cc3)c3ccc4sc5ccccc5c4c3)cccc21. The molecular weight excluding hydrogens is 1700 g/mol. The van der Waals surface area contributed by atoms with Gasteiger partial charge in [0.25, 0.3) is 0 Å². The van der Waals surface area contributed by atoms with Gasteiger partial charge < -0.3 is 23.5 Å². The molecule has 0 saturated carbocycles. The molecule has 139 heavy (non-hydrogen) atoms. The largest absolute Gasteiger partial charge is 0.456 e. The summed E-state index contributed by atoms with van der Waals surface area (Å²) < 4.78 is 15.6. The van der Waals surface area contributed by atoms with Crippen molar-refractivity contribution in [1.82, 2.24) is 0 Å². The topological polar surface area (TPSA) is 36.0 Å². The predicted molar refractivity (Wildman–Crippen MR) is 590 cm³/mol. The van der Waals surface area contributed by atoms with Crippen LogP contribution in [0.25, 0.3) is 174 Å². The second-order valence-electron chi connectivity index (χ2n) is 39.0. The van der Waals surface area contributed by atoms with Crippen molar-refractivity contribution in [2.45, 2.75) is 57.8 Å². The Balaban J connectivity index is 0.000000108. The molecule has 28 rings (SSSR count). The van der Waals surface area contributed by atoms with Gasteiger partial charge in [-0.2, -0.15) is 0 Å². The van der Waals surface area contributed by atoms with Gasteiger partial charge in [-0.3, -0.25) is 0 Å². The van der Waals surface area contributed by atoms with Crippen molar-refractivity contribution in [3.05, 3.63) is 500 Å². The van der Waals surface area contributed by atoms with Crippen molar-refractivity contribution < 1.29 is 8.83 Å². The van der Waals surface area contributed by atoms with Crippen molar-refractivity contribution in [2.75, 3.05) is 14.7 Å². The molecule has 5 nitrogen and oxygen atoms in total. The maximum absolute atomic E-state index is 6.56. The molecule has 0 bridgehead atoms. The highest BCUT2D eigenvalue weighted by Gasteiger charge is 2.41. The number of hydrogen-bond acceptors (Lipinski definition) is 6. The van der Waals surface area contributed by atoms with Crippen LogP contribution in [-0.4, -0.2) is 0 Å². The van der Waals surface area contributed by atoms with E-state index < -0.39 is 0 Å². The lowest BCUT2D eigenvalue weighted by molar-refractivity contribution is 0.661. The summed E-state index contributed by atoms with van der Waals surface area (Å²) in [5.74, 6) is 0. The minimum atomic E-state index is -0.141. The van der Waals surface area contributed by atoms with Crippen molar-refractivity contribution in [3.63, 3.8) is 0 Å². The summed E-state index contributed by atoms with van der Waals surface area (Å²) in [5.41, 5.74) is 36.7. The first kappa shape index (κ1) is 82.8. The monoisotopic (exact) mass is 1800 g/mol. The van der Waals surface area contributed by atoms with E-state index in [1.54, 1.807) is 0 Å². The minimum absolute atomic E-state index is 0.110. The van der Waals surface area contributed by atoms with E-state index in [0.717, 1.165) is 83.7 Å². The number of anilines is 9. The average Bonchev–Trinajstić information content (AvgIpc) is 1.56. The number of furan rings is 2. The molecule has 0 aliphatic heterocycles. The van der Waals surface area contributed by atoms with E-state index >= 15 is 0 Å². The van der Waals surface area contributed by atoms with Gasteiger partial charge in [0.15, 0.2) is 0 Å². The molecule has 0 fully saturated rings. The lowest BCUT2D eigenvalue weighted by Crippen LogP contribution is -2.16. The van der Waals surface area contributed by atoms with Crippen LogP contribution in [0.4, 0.5) is 51.2 Å². The molecule has 0 spiro atoms. The number of rotatable bonds is 12.